The zero-order chi connectivity index (χ0) is 13.1. The molecule has 0 saturated heterocycles. The number of halogens is 2. The fourth-order valence-corrected chi connectivity index (χ4v) is 4.02. The Hall–Kier alpha value is -0.230. The first-order valence-corrected chi connectivity index (χ1v) is 8.11. The molecular formula is C13H14Br2N2S. The molecule has 0 aliphatic carbocycles. The van der Waals surface area contributed by atoms with E-state index in [-0.39, 0.29) is 6.04 Å². The summed E-state index contributed by atoms with van der Waals surface area (Å²) in [5.74, 6) is 0. The summed E-state index contributed by atoms with van der Waals surface area (Å²) in [5, 5.41) is 3.51. The molecule has 0 aromatic carbocycles. The lowest BCUT2D eigenvalue weighted by molar-refractivity contribution is 0.637. The van der Waals surface area contributed by atoms with Crippen LogP contribution in [0.15, 0.2) is 32.8 Å². The minimum Gasteiger partial charge on any atom is -0.306 e. The van der Waals surface area contributed by atoms with E-state index in [9.17, 15) is 0 Å². The molecular weight excluding hydrogens is 376 g/mol. The van der Waals surface area contributed by atoms with E-state index in [4.69, 9.17) is 0 Å². The highest BCUT2D eigenvalue weighted by Gasteiger charge is 2.17. The van der Waals surface area contributed by atoms with Gasteiger partial charge in [0.05, 0.1) is 9.83 Å². The molecule has 2 nitrogen and oxygen atoms in total. The highest BCUT2D eigenvalue weighted by molar-refractivity contribution is 9.13. The van der Waals surface area contributed by atoms with Gasteiger partial charge in [0.15, 0.2) is 0 Å². The normalized spacial score (nSPS) is 12.7. The van der Waals surface area contributed by atoms with Gasteiger partial charge in [0.1, 0.15) is 0 Å². The monoisotopic (exact) mass is 388 g/mol. The Morgan fingerprint density at radius 2 is 2.11 bits per heavy atom. The summed E-state index contributed by atoms with van der Waals surface area (Å²) < 4.78 is 2.23. The summed E-state index contributed by atoms with van der Waals surface area (Å²) >= 11 is 8.84. The van der Waals surface area contributed by atoms with Gasteiger partial charge in [0, 0.05) is 21.7 Å². The van der Waals surface area contributed by atoms with E-state index in [1.54, 1.807) is 11.3 Å². The van der Waals surface area contributed by atoms with Gasteiger partial charge in [-0.05, 0) is 62.5 Å². The minimum atomic E-state index is 0.204. The van der Waals surface area contributed by atoms with Gasteiger partial charge >= 0.3 is 0 Å². The molecule has 1 N–H and O–H groups in total. The lowest BCUT2D eigenvalue weighted by atomic mass is 10.1. The molecule has 2 rings (SSSR count). The Labute approximate surface area is 128 Å². The van der Waals surface area contributed by atoms with Crippen LogP contribution in [0.4, 0.5) is 0 Å². The van der Waals surface area contributed by atoms with E-state index in [1.807, 2.05) is 12.4 Å². The number of pyridine rings is 1. The van der Waals surface area contributed by atoms with Crippen LogP contribution in [0.3, 0.4) is 0 Å². The Kier molecular flexibility index (Phi) is 4.95. The number of rotatable bonds is 4. The second-order valence-corrected chi connectivity index (χ2v) is 7.31. The predicted molar refractivity (Wildman–Crippen MR) is 84.2 cm³/mol. The van der Waals surface area contributed by atoms with E-state index < -0.39 is 0 Å². The van der Waals surface area contributed by atoms with Crippen molar-refractivity contribution < 1.29 is 0 Å². The highest BCUT2D eigenvalue weighted by Crippen LogP contribution is 2.37. The molecule has 0 bridgehead atoms. The molecule has 0 aliphatic rings. The van der Waals surface area contributed by atoms with Crippen LogP contribution in [-0.2, 0) is 0 Å². The Balaban J connectivity index is 2.39. The summed E-state index contributed by atoms with van der Waals surface area (Å²) in [5.41, 5.74) is 2.39. The molecule has 0 radical (unpaired) electrons. The quantitative estimate of drug-likeness (QED) is 0.821. The maximum absolute atomic E-state index is 4.28. The van der Waals surface area contributed by atoms with Crippen molar-refractivity contribution in [2.75, 3.05) is 6.54 Å². The molecule has 0 amide bonds. The van der Waals surface area contributed by atoms with Crippen molar-refractivity contribution >= 4 is 43.2 Å². The van der Waals surface area contributed by atoms with Crippen molar-refractivity contribution in [2.24, 2.45) is 0 Å². The number of nitrogens with one attached hydrogen (secondary N) is 1. The van der Waals surface area contributed by atoms with E-state index in [0.717, 1.165) is 14.8 Å². The molecule has 2 aromatic heterocycles. The third-order valence-corrected chi connectivity index (χ3v) is 5.91. The van der Waals surface area contributed by atoms with Gasteiger partial charge in [0.25, 0.3) is 0 Å². The molecule has 96 valence electrons. The number of hydrogen-bond acceptors (Lipinski definition) is 3. The van der Waals surface area contributed by atoms with Gasteiger partial charge in [-0.3, -0.25) is 4.98 Å². The van der Waals surface area contributed by atoms with E-state index >= 15 is 0 Å². The number of aryl methyl sites for hydroxylation is 1. The fourth-order valence-electron chi connectivity index (χ4n) is 1.83. The Bertz CT molecular complexity index is 520. The minimum absolute atomic E-state index is 0.204. The maximum atomic E-state index is 4.28. The molecule has 18 heavy (non-hydrogen) atoms. The summed E-state index contributed by atoms with van der Waals surface area (Å²) in [6, 6.07) is 4.54. The largest absolute Gasteiger partial charge is 0.306 e. The third kappa shape index (κ3) is 3.20. The van der Waals surface area contributed by atoms with Gasteiger partial charge in [-0.25, -0.2) is 0 Å². The van der Waals surface area contributed by atoms with Crippen LogP contribution >= 0.6 is 43.2 Å². The van der Waals surface area contributed by atoms with Crippen molar-refractivity contribution in [2.45, 2.75) is 19.9 Å². The average Bonchev–Trinajstić information content (AvgIpc) is 2.66. The first kappa shape index (κ1) is 14.2. The predicted octanol–water partition coefficient (Wildman–Crippen LogP) is 4.68. The molecule has 0 saturated carbocycles. The number of nitrogens with zero attached hydrogens (tertiary/aromatic N) is 1. The number of thiophene rings is 1. The van der Waals surface area contributed by atoms with Crippen LogP contribution in [0, 0.1) is 6.92 Å². The zero-order valence-electron chi connectivity index (χ0n) is 10.2. The molecule has 2 heterocycles. The van der Waals surface area contributed by atoms with Crippen LogP contribution < -0.4 is 5.32 Å². The zero-order valence-corrected chi connectivity index (χ0v) is 14.2. The molecule has 5 heteroatoms. The van der Waals surface area contributed by atoms with Gasteiger partial charge in [0.2, 0.25) is 0 Å². The van der Waals surface area contributed by atoms with E-state index in [2.05, 4.69) is 68.1 Å². The Morgan fingerprint density at radius 1 is 1.33 bits per heavy atom. The summed E-state index contributed by atoms with van der Waals surface area (Å²) in [4.78, 5) is 5.56. The first-order chi connectivity index (χ1) is 8.61. The van der Waals surface area contributed by atoms with Gasteiger partial charge < -0.3 is 5.32 Å². The Morgan fingerprint density at radius 3 is 2.67 bits per heavy atom. The second-order valence-electron chi connectivity index (χ2n) is 4.06. The maximum Gasteiger partial charge on any atom is 0.0843 e. The van der Waals surface area contributed by atoms with E-state index in [1.165, 1.54) is 16.0 Å². The lowest BCUT2D eigenvalue weighted by Crippen LogP contribution is -2.21. The molecule has 2 aromatic rings. The molecule has 1 atom stereocenters. The summed E-state index contributed by atoms with van der Waals surface area (Å²) in [6.45, 7) is 5.11. The number of hydrogen-bond donors (Lipinski definition) is 1. The fraction of sp³-hybridized carbons (Fsp3) is 0.308. The van der Waals surface area contributed by atoms with Crippen LogP contribution in [0.5, 0.6) is 0 Å². The molecule has 0 aliphatic heterocycles. The van der Waals surface area contributed by atoms with Crippen LogP contribution in [0.25, 0.3) is 0 Å². The molecule has 0 spiro atoms. The molecule has 0 fully saturated rings. The smallest absolute Gasteiger partial charge is 0.0843 e. The van der Waals surface area contributed by atoms with Crippen LogP contribution in [0.2, 0.25) is 0 Å². The first-order valence-electron chi connectivity index (χ1n) is 5.71. The van der Waals surface area contributed by atoms with Gasteiger partial charge in [-0.2, -0.15) is 0 Å². The van der Waals surface area contributed by atoms with Crippen molar-refractivity contribution in [1.29, 1.82) is 0 Å². The van der Waals surface area contributed by atoms with E-state index in [0.29, 0.717) is 0 Å². The SMILES string of the molecule is CCNC(c1cncc(C)c1)c1cc(Br)c(Br)s1. The van der Waals surface area contributed by atoms with Gasteiger partial charge in [-0.15, -0.1) is 11.3 Å². The van der Waals surface area contributed by atoms with Crippen LogP contribution in [-0.4, -0.2) is 11.5 Å². The average molecular weight is 390 g/mol. The third-order valence-electron chi connectivity index (χ3n) is 2.59. The van der Waals surface area contributed by atoms with Crippen molar-refractivity contribution in [1.82, 2.24) is 10.3 Å². The van der Waals surface area contributed by atoms with Crippen molar-refractivity contribution in [3.05, 3.63) is 48.8 Å². The lowest BCUT2D eigenvalue weighted by Gasteiger charge is -2.16. The van der Waals surface area contributed by atoms with Crippen LogP contribution in [0.1, 0.15) is 29.0 Å². The van der Waals surface area contributed by atoms with Crippen molar-refractivity contribution in [3.8, 4) is 0 Å². The number of aromatic nitrogens is 1. The summed E-state index contributed by atoms with van der Waals surface area (Å²) in [6.07, 6.45) is 3.81. The summed E-state index contributed by atoms with van der Waals surface area (Å²) in [7, 11) is 0. The highest BCUT2D eigenvalue weighted by atomic mass is 79.9. The topological polar surface area (TPSA) is 24.9 Å². The second kappa shape index (κ2) is 6.28. The van der Waals surface area contributed by atoms with Gasteiger partial charge in [-0.1, -0.05) is 13.0 Å². The molecule has 1 unspecified atom stereocenters. The van der Waals surface area contributed by atoms with Crippen molar-refractivity contribution in [3.63, 3.8) is 0 Å². The standard InChI is InChI=1S/C13H14Br2N2S/c1-3-17-12(9-4-8(2)6-16-7-9)11-5-10(14)13(15)18-11/h4-7,12,17H,3H2,1-2H3.